The van der Waals surface area contributed by atoms with Crippen LogP contribution in [0.3, 0.4) is 0 Å². The molecule has 2 fully saturated rings. The van der Waals surface area contributed by atoms with Gasteiger partial charge in [0.1, 0.15) is 11.6 Å². The number of carbonyl (C=O) groups excluding carboxylic acids is 2. The van der Waals surface area contributed by atoms with E-state index in [1.807, 2.05) is 0 Å². The van der Waals surface area contributed by atoms with Crippen LogP contribution in [0.15, 0.2) is 18.2 Å². The van der Waals surface area contributed by atoms with Crippen LogP contribution in [0.4, 0.5) is 8.78 Å². The normalized spacial score (nSPS) is 21.8. The van der Waals surface area contributed by atoms with Crippen molar-refractivity contribution in [2.24, 2.45) is 0 Å². The molecule has 0 bridgehead atoms. The molecule has 2 aliphatic rings. The summed E-state index contributed by atoms with van der Waals surface area (Å²) in [5.41, 5.74) is -0.327. The van der Waals surface area contributed by atoms with Gasteiger partial charge in [-0.05, 0) is 31.4 Å². The Balaban J connectivity index is 1.63. The molecule has 25 heavy (non-hydrogen) atoms. The van der Waals surface area contributed by atoms with Gasteiger partial charge in [-0.1, -0.05) is 0 Å². The van der Waals surface area contributed by atoms with E-state index in [2.05, 4.69) is 0 Å². The van der Waals surface area contributed by atoms with E-state index in [1.165, 1.54) is 4.90 Å². The average molecular weight is 373 g/mol. The van der Waals surface area contributed by atoms with E-state index in [4.69, 9.17) is 4.74 Å². The minimum Gasteiger partial charge on any atom is -0.452 e. The monoisotopic (exact) mass is 373 g/mol. The summed E-state index contributed by atoms with van der Waals surface area (Å²) in [4.78, 5) is 25.8. The lowest BCUT2D eigenvalue weighted by Gasteiger charge is -2.28. The molecule has 1 aromatic rings. The molecule has 0 radical (unpaired) electrons. The number of halogens is 2. The first-order valence-corrected chi connectivity index (χ1v) is 9.72. The van der Waals surface area contributed by atoms with Crippen LogP contribution in [0.2, 0.25) is 0 Å². The summed E-state index contributed by atoms with van der Waals surface area (Å²) in [6.45, 7) is -0.593. The maximum Gasteiger partial charge on any atom is 0.338 e. The zero-order valence-electron chi connectivity index (χ0n) is 13.3. The first kappa shape index (κ1) is 17.8. The summed E-state index contributed by atoms with van der Waals surface area (Å²) in [6, 6.07) is 1.82. The topological polar surface area (TPSA) is 80.8 Å². The molecule has 1 aromatic carbocycles. The van der Waals surface area contributed by atoms with Gasteiger partial charge in [0, 0.05) is 18.2 Å². The van der Waals surface area contributed by atoms with Gasteiger partial charge in [0.15, 0.2) is 16.4 Å². The smallest absolute Gasteiger partial charge is 0.338 e. The molecule has 1 heterocycles. The second kappa shape index (κ2) is 6.70. The van der Waals surface area contributed by atoms with Crippen molar-refractivity contribution in [3.63, 3.8) is 0 Å². The number of hydrogen-bond acceptors (Lipinski definition) is 5. The van der Waals surface area contributed by atoms with E-state index in [9.17, 15) is 26.8 Å². The third-order valence-corrected chi connectivity index (χ3v) is 6.01. The fourth-order valence-corrected chi connectivity index (χ4v) is 4.72. The lowest BCUT2D eigenvalue weighted by Crippen LogP contribution is -2.44. The van der Waals surface area contributed by atoms with E-state index in [0.29, 0.717) is 12.5 Å². The van der Waals surface area contributed by atoms with Gasteiger partial charge in [-0.15, -0.1) is 0 Å². The fraction of sp³-hybridized carbons (Fsp3) is 0.500. The minimum absolute atomic E-state index is 0.0314. The maximum atomic E-state index is 13.1. The van der Waals surface area contributed by atoms with Crippen molar-refractivity contribution >= 4 is 21.7 Å². The number of carbonyl (C=O) groups is 2. The molecule has 1 aliphatic carbocycles. The van der Waals surface area contributed by atoms with Crippen LogP contribution < -0.4 is 0 Å². The highest BCUT2D eigenvalue weighted by atomic mass is 32.2. The fourth-order valence-electron chi connectivity index (χ4n) is 3.01. The molecule has 9 heteroatoms. The van der Waals surface area contributed by atoms with Crippen molar-refractivity contribution in [2.45, 2.75) is 31.3 Å². The van der Waals surface area contributed by atoms with Gasteiger partial charge in [-0.25, -0.2) is 22.0 Å². The van der Waals surface area contributed by atoms with Crippen LogP contribution in [0.1, 0.15) is 29.6 Å². The number of benzene rings is 1. The van der Waals surface area contributed by atoms with Crippen molar-refractivity contribution in [1.82, 2.24) is 4.90 Å². The molecule has 0 spiro atoms. The largest absolute Gasteiger partial charge is 0.452 e. The van der Waals surface area contributed by atoms with Gasteiger partial charge >= 0.3 is 5.97 Å². The van der Waals surface area contributed by atoms with Crippen molar-refractivity contribution in [2.75, 3.05) is 18.1 Å². The summed E-state index contributed by atoms with van der Waals surface area (Å²) in [5.74, 6) is -3.39. The average Bonchev–Trinajstić information content (AvgIpc) is 3.27. The van der Waals surface area contributed by atoms with Crippen LogP contribution in [0.25, 0.3) is 0 Å². The van der Waals surface area contributed by atoms with Gasteiger partial charge in [-0.2, -0.15) is 0 Å². The van der Waals surface area contributed by atoms with Crippen LogP contribution in [-0.2, 0) is 19.4 Å². The number of ether oxygens (including phenoxy) is 1. The minimum atomic E-state index is -3.15. The SMILES string of the molecule is O=C(OCC(=O)N(C1CC1)[C@H]1CCS(=O)(=O)C1)c1cc(F)cc(F)c1. The predicted octanol–water partition coefficient (Wildman–Crippen LogP) is 1.30. The van der Waals surface area contributed by atoms with Crippen LogP contribution in [0, 0.1) is 11.6 Å². The highest BCUT2D eigenvalue weighted by Crippen LogP contribution is 2.32. The van der Waals surface area contributed by atoms with E-state index < -0.39 is 46.0 Å². The lowest BCUT2D eigenvalue weighted by molar-refractivity contribution is -0.137. The van der Waals surface area contributed by atoms with Crippen LogP contribution in [0.5, 0.6) is 0 Å². The number of esters is 1. The van der Waals surface area contributed by atoms with Gasteiger partial charge < -0.3 is 9.64 Å². The molecule has 1 amide bonds. The molecule has 6 nitrogen and oxygen atoms in total. The molecule has 0 N–H and O–H groups in total. The van der Waals surface area contributed by atoms with E-state index in [1.54, 1.807) is 0 Å². The Morgan fingerprint density at radius 3 is 2.24 bits per heavy atom. The summed E-state index contributed by atoms with van der Waals surface area (Å²) in [5, 5.41) is 0. The molecule has 0 unspecified atom stereocenters. The Labute approximate surface area is 143 Å². The van der Waals surface area contributed by atoms with Crippen molar-refractivity contribution in [3.8, 4) is 0 Å². The van der Waals surface area contributed by atoms with Crippen LogP contribution in [-0.4, -0.2) is 55.4 Å². The summed E-state index contributed by atoms with van der Waals surface area (Å²) in [7, 11) is -3.15. The lowest BCUT2D eigenvalue weighted by atomic mass is 10.2. The van der Waals surface area contributed by atoms with E-state index in [-0.39, 0.29) is 23.1 Å². The Bertz CT molecular complexity index is 786. The summed E-state index contributed by atoms with van der Waals surface area (Å²) < 4.78 is 54.4. The second-order valence-corrected chi connectivity index (χ2v) is 8.55. The molecule has 1 saturated carbocycles. The van der Waals surface area contributed by atoms with Crippen molar-refractivity contribution in [3.05, 3.63) is 35.4 Å². The van der Waals surface area contributed by atoms with Crippen molar-refractivity contribution < 1.29 is 31.5 Å². The van der Waals surface area contributed by atoms with Gasteiger partial charge in [0.05, 0.1) is 17.1 Å². The molecular formula is C16H17F2NO5S. The first-order chi connectivity index (χ1) is 11.7. The van der Waals surface area contributed by atoms with Crippen molar-refractivity contribution in [1.29, 1.82) is 0 Å². The molecule has 136 valence electrons. The molecule has 1 aliphatic heterocycles. The highest BCUT2D eigenvalue weighted by Gasteiger charge is 2.42. The number of nitrogens with zero attached hydrogens (tertiary/aromatic N) is 1. The first-order valence-electron chi connectivity index (χ1n) is 7.90. The number of amides is 1. The molecule has 0 aromatic heterocycles. The Morgan fingerprint density at radius 2 is 1.72 bits per heavy atom. The third kappa shape index (κ3) is 4.33. The molecule has 1 saturated heterocycles. The summed E-state index contributed by atoms with van der Waals surface area (Å²) in [6.07, 6.45) is 1.93. The summed E-state index contributed by atoms with van der Waals surface area (Å²) >= 11 is 0. The van der Waals surface area contributed by atoms with Crippen LogP contribution >= 0.6 is 0 Å². The number of rotatable bonds is 5. The quantitative estimate of drug-likeness (QED) is 0.727. The molecule has 3 rings (SSSR count). The Kier molecular flexibility index (Phi) is 4.77. The van der Waals surface area contributed by atoms with Gasteiger partial charge in [0.25, 0.3) is 5.91 Å². The number of hydrogen-bond donors (Lipinski definition) is 0. The zero-order valence-corrected chi connectivity index (χ0v) is 14.1. The van der Waals surface area contributed by atoms with E-state index >= 15 is 0 Å². The zero-order chi connectivity index (χ0) is 18.2. The Hall–Kier alpha value is -2.03. The molecular weight excluding hydrogens is 356 g/mol. The number of sulfone groups is 1. The Morgan fingerprint density at radius 1 is 1.08 bits per heavy atom. The standard InChI is InChI=1S/C16H17F2NO5S/c17-11-5-10(6-12(18)7-11)16(21)24-8-15(20)19(13-1-2-13)14-3-4-25(22,23)9-14/h5-7,13-14H,1-4,8-9H2/t14-/m0/s1. The maximum absolute atomic E-state index is 13.1. The second-order valence-electron chi connectivity index (χ2n) is 6.32. The van der Waals surface area contributed by atoms with Gasteiger partial charge in [0.2, 0.25) is 0 Å². The highest BCUT2D eigenvalue weighted by molar-refractivity contribution is 7.91. The predicted molar refractivity (Wildman–Crippen MR) is 83.6 cm³/mol. The van der Waals surface area contributed by atoms with E-state index in [0.717, 1.165) is 25.0 Å². The molecule has 1 atom stereocenters. The van der Waals surface area contributed by atoms with Gasteiger partial charge in [-0.3, -0.25) is 4.79 Å². The third-order valence-electron chi connectivity index (χ3n) is 4.26.